The lowest BCUT2D eigenvalue weighted by Gasteiger charge is -2.02. The number of benzene rings is 1. The molecule has 0 bridgehead atoms. The number of H-pyrrole nitrogens is 2. The molecule has 0 unspecified atom stereocenters. The number of nitrogens with two attached hydrogens (primary N) is 1. The standard InChI is InChI=1S/C15H17N5O/c16-11-3-4-12-10(8-11)9-13(20-12)15(21)19-5-1-2-14-17-6-7-18-14/h3-4,6-9,20H,1-2,5,16H2,(H,17,18)(H,19,21). The van der Waals surface area contributed by atoms with Gasteiger partial charge in [-0.2, -0.15) is 0 Å². The quantitative estimate of drug-likeness (QED) is 0.424. The van der Waals surface area contributed by atoms with Gasteiger partial charge in [-0.15, -0.1) is 0 Å². The summed E-state index contributed by atoms with van der Waals surface area (Å²) in [6.07, 6.45) is 5.18. The van der Waals surface area contributed by atoms with E-state index < -0.39 is 0 Å². The Balaban J connectivity index is 1.56. The number of nitrogen functional groups attached to an aromatic ring is 1. The van der Waals surface area contributed by atoms with E-state index in [0.717, 1.165) is 29.6 Å². The van der Waals surface area contributed by atoms with Crippen LogP contribution < -0.4 is 11.1 Å². The van der Waals surface area contributed by atoms with Crippen molar-refractivity contribution < 1.29 is 4.79 Å². The van der Waals surface area contributed by atoms with Gasteiger partial charge in [0.15, 0.2) is 0 Å². The molecule has 0 radical (unpaired) electrons. The number of aromatic nitrogens is 3. The van der Waals surface area contributed by atoms with Gasteiger partial charge in [0.25, 0.3) is 5.91 Å². The summed E-state index contributed by atoms with van der Waals surface area (Å²) in [5, 5.41) is 3.83. The molecule has 1 amide bonds. The van der Waals surface area contributed by atoms with Gasteiger partial charge < -0.3 is 21.0 Å². The van der Waals surface area contributed by atoms with E-state index >= 15 is 0 Å². The third kappa shape index (κ3) is 3.05. The molecule has 3 rings (SSSR count). The average Bonchev–Trinajstić information content (AvgIpc) is 3.11. The van der Waals surface area contributed by atoms with Crippen LogP contribution in [0.1, 0.15) is 22.7 Å². The Morgan fingerprint density at radius 3 is 3.05 bits per heavy atom. The smallest absolute Gasteiger partial charge is 0.267 e. The number of imidazole rings is 1. The summed E-state index contributed by atoms with van der Waals surface area (Å²) >= 11 is 0. The van der Waals surface area contributed by atoms with E-state index in [-0.39, 0.29) is 5.91 Å². The van der Waals surface area contributed by atoms with Crippen LogP contribution in [0, 0.1) is 0 Å². The zero-order valence-electron chi connectivity index (χ0n) is 11.5. The molecule has 6 nitrogen and oxygen atoms in total. The first kappa shape index (κ1) is 13.2. The van der Waals surface area contributed by atoms with Gasteiger partial charge in [0.2, 0.25) is 0 Å². The fraction of sp³-hybridized carbons (Fsp3) is 0.200. The van der Waals surface area contributed by atoms with Crippen molar-refractivity contribution in [3.05, 3.63) is 48.2 Å². The van der Waals surface area contributed by atoms with Gasteiger partial charge >= 0.3 is 0 Å². The Labute approximate surface area is 121 Å². The van der Waals surface area contributed by atoms with Crippen molar-refractivity contribution in [2.24, 2.45) is 0 Å². The molecule has 21 heavy (non-hydrogen) atoms. The zero-order chi connectivity index (χ0) is 14.7. The fourth-order valence-corrected chi connectivity index (χ4v) is 2.26. The van der Waals surface area contributed by atoms with Gasteiger partial charge in [-0.3, -0.25) is 4.79 Å². The number of nitrogens with zero attached hydrogens (tertiary/aromatic N) is 1. The molecule has 0 fully saturated rings. The number of aromatic amines is 2. The van der Waals surface area contributed by atoms with Gasteiger partial charge in [-0.1, -0.05) is 0 Å². The second-order valence-electron chi connectivity index (χ2n) is 4.93. The molecular formula is C15H17N5O. The number of aryl methyl sites for hydroxylation is 1. The molecular weight excluding hydrogens is 266 g/mol. The largest absolute Gasteiger partial charge is 0.399 e. The van der Waals surface area contributed by atoms with Crippen LogP contribution >= 0.6 is 0 Å². The van der Waals surface area contributed by atoms with Crippen molar-refractivity contribution in [2.45, 2.75) is 12.8 Å². The molecule has 0 atom stereocenters. The lowest BCUT2D eigenvalue weighted by molar-refractivity contribution is 0.0949. The Morgan fingerprint density at radius 1 is 1.33 bits per heavy atom. The third-order valence-electron chi connectivity index (χ3n) is 3.32. The highest BCUT2D eigenvalue weighted by Crippen LogP contribution is 2.18. The van der Waals surface area contributed by atoms with Crippen LogP contribution in [0.25, 0.3) is 10.9 Å². The molecule has 1 aromatic carbocycles. The maximum Gasteiger partial charge on any atom is 0.267 e. The van der Waals surface area contributed by atoms with Gasteiger partial charge in [0, 0.05) is 41.9 Å². The Kier molecular flexibility index (Phi) is 3.59. The van der Waals surface area contributed by atoms with E-state index in [9.17, 15) is 4.79 Å². The highest BCUT2D eigenvalue weighted by Gasteiger charge is 2.09. The second kappa shape index (κ2) is 5.70. The average molecular weight is 283 g/mol. The Hall–Kier alpha value is -2.76. The van der Waals surface area contributed by atoms with Crippen molar-refractivity contribution in [3.63, 3.8) is 0 Å². The van der Waals surface area contributed by atoms with Gasteiger partial charge in [-0.25, -0.2) is 4.98 Å². The molecule has 2 heterocycles. The SMILES string of the molecule is Nc1ccc2[nH]c(C(=O)NCCCc3ncc[nH]3)cc2c1. The van der Waals surface area contributed by atoms with Crippen LogP contribution in [0.4, 0.5) is 5.69 Å². The molecule has 5 N–H and O–H groups in total. The van der Waals surface area contributed by atoms with E-state index in [1.54, 1.807) is 12.4 Å². The van der Waals surface area contributed by atoms with E-state index in [1.807, 2.05) is 24.3 Å². The predicted octanol–water partition coefficient (Wildman–Crippen LogP) is 1.84. The zero-order valence-corrected chi connectivity index (χ0v) is 11.5. The van der Waals surface area contributed by atoms with Crippen molar-refractivity contribution >= 4 is 22.5 Å². The summed E-state index contributed by atoms with van der Waals surface area (Å²) in [6, 6.07) is 7.34. The second-order valence-corrected chi connectivity index (χ2v) is 4.93. The summed E-state index contributed by atoms with van der Waals surface area (Å²) in [7, 11) is 0. The van der Waals surface area contributed by atoms with Crippen LogP contribution in [0.5, 0.6) is 0 Å². The molecule has 0 saturated carbocycles. The first-order chi connectivity index (χ1) is 10.2. The molecule has 3 aromatic rings. The van der Waals surface area contributed by atoms with Crippen molar-refractivity contribution in [1.82, 2.24) is 20.3 Å². The summed E-state index contributed by atoms with van der Waals surface area (Å²) in [5.74, 6) is 0.828. The highest BCUT2D eigenvalue weighted by molar-refractivity contribution is 5.98. The molecule has 0 spiro atoms. The summed E-state index contributed by atoms with van der Waals surface area (Å²) in [4.78, 5) is 22.3. The Bertz CT molecular complexity index is 745. The molecule has 108 valence electrons. The lowest BCUT2D eigenvalue weighted by atomic mass is 10.2. The molecule has 0 aliphatic heterocycles. The number of rotatable bonds is 5. The molecule has 0 aliphatic carbocycles. The number of carbonyl (C=O) groups is 1. The monoisotopic (exact) mass is 283 g/mol. The van der Waals surface area contributed by atoms with Gasteiger partial charge in [0.05, 0.1) is 0 Å². The molecule has 2 aromatic heterocycles. The summed E-state index contributed by atoms with van der Waals surface area (Å²) in [5.41, 5.74) is 7.87. The van der Waals surface area contributed by atoms with Gasteiger partial charge in [0.1, 0.15) is 11.5 Å². The number of hydrogen-bond acceptors (Lipinski definition) is 3. The predicted molar refractivity (Wildman–Crippen MR) is 82.0 cm³/mol. The number of amides is 1. The van der Waals surface area contributed by atoms with Crippen LogP contribution in [0.3, 0.4) is 0 Å². The molecule has 6 heteroatoms. The molecule has 0 aliphatic rings. The van der Waals surface area contributed by atoms with Gasteiger partial charge in [-0.05, 0) is 30.7 Å². The molecule has 0 saturated heterocycles. The van der Waals surface area contributed by atoms with Crippen LogP contribution in [0.2, 0.25) is 0 Å². The first-order valence-electron chi connectivity index (χ1n) is 6.87. The van der Waals surface area contributed by atoms with Crippen LogP contribution in [0.15, 0.2) is 36.7 Å². The van der Waals surface area contributed by atoms with Crippen molar-refractivity contribution in [3.8, 4) is 0 Å². The van der Waals surface area contributed by atoms with E-state index in [0.29, 0.717) is 17.9 Å². The summed E-state index contributed by atoms with van der Waals surface area (Å²) in [6.45, 7) is 0.608. The lowest BCUT2D eigenvalue weighted by Crippen LogP contribution is -2.25. The highest BCUT2D eigenvalue weighted by atomic mass is 16.1. The first-order valence-corrected chi connectivity index (χ1v) is 6.87. The minimum absolute atomic E-state index is 0.107. The van der Waals surface area contributed by atoms with Crippen LogP contribution in [-0.4, -0.2) is 27.4 Å². The third-order valence-corrected chi connectivity index (χ3v) is 3.32. The summed E-state index contributed by atoms with van der Waals surface area (Å²) < 4.78 is 0. The topological polar surface area (TPSA) is 99.6 Å². The van der Waals surface area contributed by atoms with Crippen LogP contribution in [-0.2, 0) is 6.42 Å². The van der Waals surface area contributed by atoms with E-state index in [2.05, 4.69) is 20.3 Å². The number of nitrogens with one attached hydrogen (secondary N) is 3. The van der Waals surface area contributed by atoms with Crippen molar-refractivity contribution in [2.75, 3.05) is 12.3 Å². The fourth-order valence-electron chi connectivity index (χ4n) is 2.26. The van der Waals surface area contributed by atoms with E-state index in [1.165, 1.54) is 0 Å². The van der Waals surface area contributed by atoms with Crippen molar-refractivity contribution in [1.29, 1.82) is 0 Å². The number of carbonyl (C=O) groups excluding carboxylic acids is 1. The normalized spacial score (nSPS) is 10.9. The minimum Gasteiger partial charge on any atom is -0.399 e. The number of hydrogen-bond donors (Lipinski definition) is 4. The number of anilines is 1. The minimum atomic E-state index is -0.107. The number of fused-ring (bicyclic) bond motifs is 1. The maximum atomic E-state index is 12.1. The maximum absolute atomic E-state index is 12.1. The Morgan fingerprint density at radius 2 is 2.24 bits per heavy atom. The van der Waals surface area contributed by atoms with E-state index in [4.69, 9.17) is 5.73 Å².